The Bertz CT molecular complexity index is 350. The largest absolute Gasteiger partial charge is 0.392 e. The van der Waals surface area contributed by atoms with Gasteiger partial charge in [-0.05, 0) is 36.8 Å². The van der Waals surface area contributed by atoms with Crippen molar-refractivity contribution in [1.29, 1.82) is 0 Å². The van der Waals surface area contributed by atoms with E-state index < -0.39 is 0 Å². The van der Waals surface area contributed by atoms with Gasteiger partial charge in [0, 0.05) is 19.3 Å². The molecular formula is C15H24N2O. The molecule has 0 saturated carbocycles. The van der Waals surface area contributed by atoms with Crippen LogP contribution in [0.25, 0.3) is 0 Å². The maximum absolute atomic E-state index is 9.02. The van der Waals surface area contributed by atoms with Crippen molar-refractivity contribution in [3.63, 3.8) is 0 Å². The summed E-state index contributed by atoms with van der Waals surface area (Å²) in [5.74, 6) is 1.96. The van der Waals surface area contributed by atoms with Crippen molar-refractivity contribution < 1.29 is 5.11 Å². The van der Waals surface area contributed by atoms with Crippen molar-refractivity contribution in [2.24, 2.45) is 5.92 Å². The first kappa shape index (κ1) is 13.3. The van der Waals surface area contributed by atoms with Gasteiger partial charge in [-0.15, -0.1) is 0 Å². The van der Waals surface area contributed by atoms with Gasteiger partial charge in [-0.1, -0.05) is 25.8 Å². The summed E-state index contributed by atoms with van der Waals surface area (Å²) >= 11 is 0. The topological polar surface area (TPSA) is 36.4 Å². The molecule has 0 amide bonds. The van der Waals surface area contributed by atoms with Crippen molar-refractivity contribution in [2.45, 2.75) is 45.6 Å². The summed E-state index contributed by atoms with van der Waals surface area (Å²) in [6, 6.07) is 4.00. The lowest BCUT2D eigenvalue weighted by Crippen LogP contribution is -2.25. The Morgan fingerprint density at radius 3 is 2.89 bits per heavy atom. The second-order valence-electron chi connectivity index (χ2n) is 5.26. The van der Waals surface area contributed by atoms with Crippen LogP contribution in [-0.4, -0.2) is 23.2 Å². The molecule has 18 heavy (non-hydrogen) atoms. The van der Waals surface area contributed by atoms with E-state index in [9.17, 15) is 0 Å². The second-order valence-corrected chi connectivity index (χ2v) is 5.26. The van der Waals surface area contributed by atoms with E-state index in [-0.39, 0.29) is 6.61 Å². The van der Waals surface area contributed by atoms with Crippen LogP contribution in [-0.2, 0) is 6.61 Å². The number of hydrogen-bond donors (Lipinski definition) is 1. The lowest BCUT2D eigenvalue weighted by atomic mass is 9.96. The van der Waals surface area contributed by atoms with E-state index in [4.69, 9.17) is 5.11 Å². The highest BCUT2D eigenvalue weighted by molar-refractivity contribution is 5.39. The number of rotatable bonds is 4. The van der Waals surface area contributed by atoms with Gasteiger partial charge in [0.25, 0.3) is 0 Å². The van der Waals surface area contributed by atoms with Crippen molar-refractivity contribution in [1.82, 2.24) is 4.98 Å². The number of hydrogen-bond acceptors (Lipinski definition) is 3. The summed E-state index contributed by atoms with van der Waals surface area (Å²) in [7, 11) is 0. The van der Waals surface area contributed by atoms with Gasteiger partial charge in [0.1, 0.15) is 5.82 Å². The van der Waals surface area contributed by atoms with E-state index in [1.807, 2.05) is 12.1 Å². The predicted molar refractivity (Wildman–Crippen MR) is 74.6 cm³/mol. The molecule has 1 aromatic rings. The third kappa shape index (κ3) is 3.45. The molecule has 2 rings (SSSR count). The fourth-order valence-electron chi connectivity index (χ4n) is 2.79. The molecule has 3 nitrogen and oxygen atoms in total. The maximum Gasteiger partial charge on any atom is 0.128 e. The molecule has 100 valence electrons. The van der Waals surface area contributed by atoms with Crippen LogP contribution in [0.1, 0.15) is 44.6 Å². The van der Waals surface area contributed by atoms with E-state index in [0.29, 0.717) is 0 Å². The molecule has 1 atom stereocenters. The van der Waals surface area contributed by atoms with Crippen LogP contribution in [0.4, 0.5) is 5.82 Å². The van der Waals surface area contributed by atoms with Crippen LogP contribution in [0, 0.1) is 5.92 Å². The van der Waals surface area contributed by atoms with E-state index in [1.165, 1.54) is 32.1 Å². The van der Waals surface area contributed by atoms with Crippen LogP contribution in [0.15, 0.2) is 18.3 Å². The zero-order valence-electron chi connectivity index (χ0n) is 11.3. The molecule has 1 aliphatic rings. The smallest absolute Gasteiger partial charge is 0.128 e. The first-order valence-corrected chi connectivity index (χ1v) is 7.14. The van der Waals surface area contributed by atoms with Crippen molar-refractivity contribution in [3.05, 3.63) is 23.9 Å². The molecule has 1 N–H and O–H groups in total. The fraction of sp³-hybridized carbons (Fsp3) is 0.667. The normalized spacial score (nSPS) is 20.8. The molecule has 1 fully saturated rings. The molecule has 3 heteroatoms. The minimum absolute atomic E-state index is 0.0753. The van der Waals surface area contributed by atoms with Crippen molar-refractivity contribution in [2.75, 3.05) is 18.0 Å². The minimum atomic E-state index is 0.0753. The molecule has 0 spiro atoms. The van der Waals surface area contributed by atoms with Gasteiger partial charge >= 0.3 is 0 Å². The van der Waals surface area contributed by atoms with Crippen LogP contribution in [0.3, 0.4) is 0 Å². The number of nitrogens with zero attached hydrogens (tertiary/aromatic N) is 2. The summed E-state index contributed by atoms with van der Waals surface area (Å²) in [6.07, 6.45) is 8.37. The zero-order chi connectivity index (χ0) is 12.8. The fourth-order valence-corrected chi connectivity index (χ4v) is 2.79. The maximum atomic E-state index is 9.02. The standard InChI is InChI=1S/C15H24N2O/c1-2-4-13-5-3-9-17(10-8-13)15-7-6-14(12-18)11-16-15/h6-7,11,13,18H,2-5,8-10,12H2,1H3. The monoisotopic (exact) mass is 248 g/mol. The average molecular weight is 248 g/mol. The Morgan fingerprint density at radius 1 is 1.33 bits per heavy atom. The summed E-state index contributed by atoms with van der Waals surface area (Å²) < 4.78 is 0. The Kier molecular flexibility index (Phi) is 5.00. The van der Waals surface area contributed by atoms with E-state index >= 15 is 0 Å². The van der Waals surface area contributed by atoms with Crippen LogP contribution < -0.4 is 4.90 Å². The quantitative estimate of drug-likeness (QED) is 0.890. The van der Waals surface area contributed by atoms with Gasteiger partial charge in [-0.3, -0.25) is 0 Å². The molecule has 0 bridgehead atoms. The highest BCUT2D eigenvalue weighted by Gasteiger charge is 2.17. The first-order chi connectivity index (χ1) is 8.83. The average Bonchev–Trinajstić information content (AvgIpc) is 2.65. The zero-order valence-corrected chi connectivity index (χ0v) is 11.3. The second kappa shape index (κ2) is 6.74. The number of aliphatic hydroxyl groups excluding tert-OH is 1. The lowest BCUT2D eigenvalue weighted by Gasteiger charge is -2.21. The summed E-state index contributed by atoms with van der Waals surface area (Å²) in [4.78, 5) is 6.84. The number of pyridine rings is 1. The number of anilines is 1. The Balaban J connectivity index is 1.96. The molecular weight excluding hydrogens is 224 g/mol. The van der Waals surface area contributed by atoms with Gasteiger partial charge in [0.05, 0.1) is 6.61 Å². The molecule has 1 aromatic heterocycles. The lowest BCUT2D eigenvalue weighted by molar-refractivity contribution is 0.281. The minimum Gasteiger partial charge on any atom is -0.392 e. The molecule has 2 heterocycles. The van der Waals surface area contributed by atoms with Crippen molar-refractivity contribution >= 4 is 5.82 Å². The third-order valence-electron chi connectivity index (χ3n) is 3.86. The summed E-state index contributed by atoms with van der Waals surface area (Å²) in [5.41, 5.74) is 0.887. The van der Waals surface area contributed by atoms with Crippen molar-refractivity contribution in [3.8, 4) is 0 Å². The van der Waals surface area contributed by atoms with E-state index in [1.54, 1.807) is 6.20 Å². The highest BCUT2D eigenvalue weighted by Crippen LogP contribution is 2.24. The number of aromatic nitrogens is 1. The molecule has 0 radical (unpaired) electrons. The van der Waals surface area contributed by atoms with Gasteiger partial charge in [0.2, 0.25) is 0 Å². The Hall–Kier alpha value is -1.09. The molecule has 1 aliphatic heterocycles. The van der Waals surface area contributed by atoms with Crippen LogP contribution in [0.5, 0.6) is 0 Å². The van der Waals surface area contributed by atoms with Gasteiger partial charge in [-0.2, -0.15) is 0 Å². The summed E-state index contributed by atoms with van der Waals surface area (Å²) in [6.45, 7) is 4.59. The third-order valence-corrected chi connectivity index (χ3v) is 3.86. The molecule has 1 saturated heterocycles. The molecule has 0 aliphatic carbocycles. The van der Waals surface area contributed by atoms with E-state index in [2.05, 4.69) is 16.8 Å². The van der Waals surface area contributed by atoms with Gasteiger partial charge < -0.3 is 10.0 Å². The Labute approximate surface area is 110 Å². The first-order valence-electron chi connectivity index (χ1n) is 7.14. The highest BCUT2D eigenvalue weighted by atomic mass is 16.3. The summed E-state index contributed by atoms with van der Waals surface area (Å²) in [5, 5.41) is 9.02. The van der Waals surface area contributed by atoms with Crippen LogP contribution in [0.2, 0.25) is 0 Å². The SMILES string of the molecule is CCCC1CCCN(c2ccc(CO)cn2)CC1. The van der Waals surface area contributed by atoms with Gasteiger partial charge in [0.15, 0.2) is 0 Å². The van der Waals surface area contributed by atoms with Gasteiger partial charge in [-0.25, -0.2) is 4.98 Å². The predicted octanol–water partition coefficient (Wildman–Crippen LogP) is 2.98. The molecule has 0 aromatic carbocycles. The van der Waals surface area contributed by atoms with E-state index in [0.717, 1.165) is 30.4 Å². The Morgan fingerprint density at radius 2 is 2.22 bits per heavy atom. The van der Waals surface area contributed by atoms with Crippen LogP contribution >= 0.6 is 0 Å². The number of aliphatic hydroxyl groups is 1. The molecule has 1 unspecified atom stereocenters.